The highest BCUT2D eigenvalue weighted by Crippen LogP contribution is 2.24. The molecule has 1 aromatic rings. The van der Waals surface area contributed by atoms with Gasteiger partial charge in [0.15, 0.2) is 0 Å². The molecule has 0 heterocycles. The number of ether oxygens (including phenoxy) is 1. The summed E-state index contributed by atoms with van der Waals surface area (Å²) in [5.41, 5.74) is 2.60. The van der Waals surface area contributed by atoms with Crippen molar-refractivity contribution in [2.24, 2.45) is 0 Å². The van der Waals surface area contributed by atoms with Gasteiger partial charge in [-0.25, -0.2) is 0 Å². The summed E-state index contributed by atoms with van der Waals surface area (Å²) < 4.78 is 5.58. The molecule has 2 rings (SSSR count). The zero-order valence-electron chi connectivity index (χ0n) is 7.42. The minimum absolute atomic E-state index is 0.561. The summed E-state index contributed by atoms with van der Waals surface area (Å²) in [6.45, 7) is 2.89. The van der Waals surface area contributed by atoms with Gasteiger partial charge in [0.05, 0.1) is 12.7 Å². The third-order valence-corrected chi connectivity index (χ3v) is 2.13. The Morgan fingerprint density at radius 3 is 2.50 bits per heavy atom. The van der Waals surface area contributed by atoms with E-state index in [1.165, 1.54) is 24.0 Å². The van der Waals surface area contributed by atoms with Crippen LogP contribution in [0, 0.1) is 6.92 Å². The summed E-state index contributed by atoms with van der Waals surface area (Å²) >= 11 is 0. The van der Waals surface area contributed by atoms with Crippen LogP contribution in [0.3, 0.4) is 0 Å². The first kappa shape index (κ1) is 7.81. The number of benzene rings is 1. The van der Waals surface area contributed by atoms with Crippen molar-refractivity contribution in [2.75, 3.05) is 0 Å². The van der Waals surface area contributed by atoms with Crippen LogP contribution in [0.15, 0.2) is 24.3 Å². The fraction of sp³-hybridized carbons (Fsp3) is 0.455. The number of rotatable bonds is 3. The highest BCUT2D eigenvalue weighted by molar-refractivity contribution is 5.20. The molecular formula is C11H14O. The molecule has 1 nitrogen and oxygen atoms in total. The van der Waals surface area contributed by atoms with Crippen LogP contribution in [-0.4, -0.2) is 6.10 Å². The van der Waals surface area contributed by atoms with Crippen molar-refractivity contribution in [3.63, 3.8) is 0 Å². The van der Waals surface area contributed by atoms with Crippen molar-refractivity contribution in [3.05, 3.63) is 35.4 Å². The van der Waals surface area contributed by atoms with E-state index in [-0.39, 0.29) is 0 Å². The summed E-state index contributed by atoms with van der Waals surface area (Å²) in [5.74, 6) is 0. The molecular weight excluding hydrogens is 148 g/mol. The van der Waals surface area contributed by atoms with Crippen LogP contribution in [0.1, 0.15) is 24.0 Å². The Kier molecular flexibility index (Phi) is 2.13. The van der Waals surface area contributed by atoms with Gasteiger partial charge in [0, 0.05) is 0 Å². The Morgan fingerprint density at radius 2 is 1.92 bits per heavy atom. The SMILES string of the molecule is Cc1ccc(COC2CC2)cc1. The molecule has 1 aromatic carbocycles. The van der Waals surface area contributed by atoms with E-state index < -0.39 is 0 Å². The van der Waals surface area contributed by atoms with Crippen LogP contribution >= 0.6 is 0 Å². The van der Waals surface area contributed by atoms with E-state index in [0.717, 1.165) is 6.61 Å². The zero-order chi connectivity index (χ0) is 8.39. The van der Waals surface area contributed by atoms with Crippen molar-refractivity contribution < 1.29 is 4.74 Å². The van der Waals surface area contributed by atoms with Crippen molar-refractivity contribution >= 4 is 0 Å². The minimum atomic E-state index is 0.561. The third-order valence-electron chi connectivity index (χ3n) is 2.13. The maximum atomic E-state index is 5.58. The normalized spacial score (nSPS) is 16.4. The fourth-order valence-corrected chi connectivity index (χ4v) is 1.13. The molecule has 0 atom stereocenters. The molecule has 0 spiro atoms. The third kappa shape index (κ3) is 2.08. The molecule has 0 amide bonds. The van der Waals surface area contributed by atoms with E-state index in [1.54, 1.807) is 0 Å². The van der Waals surface area contributed by atoms with Gasteiger partial charge in [-0.3, -0.25) is 0 Å². The Morgan fingerprint density at radius 1 is 1.25 bits per heavy atom. The first-order valence-corrected chi connectivity index (χ1v) is 4.52. The molecule has 1 aliphatic rings. The Bertz CT molecular complexity index is 246. The van der Waals surface area contributed by atoms with Gasteiger partial charge in [0.2, 0.25) is 0 Å². The molecule has 0 unspecified atom stereocenters. The highest BCUT2D eigenvalue weighted by Gasteiger charge is 2.21. The molecule has 0 radical (unpaired) electrons. The van der Waals surface area contributed by atoms with E-state index in [2.05, 4.69) is 31.2 Å². The summed E-state index contributed by atoms with van der Waals surface area (Å²) in [6.07, 6.45) is 3.07. The van der Waals surface area contributed by atoms with Gasteiger partial charge in [-0.1, -0.05) is 29.8 Å². The molecule has 0 saturated heterocycles. The van der Waals surface area contributed by atoms with Crippen LogP contribution in [0.25, 0.3) is 0 Å². The first-order chi connectivity index (χ1) is 5.84. The second-order valence-corrected chi connectivity index (χ2v) is 3.50. The van der Waals surface area contributed by atoms with E-state index in [4.69, 9.17) is 4.74 Å². The van der Waals surface area contributed by atoms with E-state index in [0.29, 0.717) is 6.10 Å². The highest BCUT2D eigenvalue weighted by atomic mass is 16.5. The summed E-state index contributed by atoms with van der Waals surface area (Å²) in [6, 6.07) is 8.53. The van der Waals surface area contributed by atoms with Crippen LogP contribution in [0.4, 0.5) is 0 Å². The maximum absolute atomic E-state index is 5.58. The van der Waals surface area contributed by atoms with Gasteiger partial charge in [-0.15, -0.1) is 0 Å². The van der Waals surface area contributed by atoms with Crippen molar-refractivity contribution in [2.45, 2.75) is 32.5 Å². The molecule has 1 heteroatoms. The lowest BCUT2D eigenvalue weighted by atomic mass is 10.2. The van der Waals surface area contributed by atoms with Crippen molar-refractivity contribution in [3.8, 4) is 0 Å². The summed E-state index contributed by atoms with van der Waals surface area (Å²) in [4.78, 5) is 0. The lowest BCUT2D eigenvalue weighted by molar-refractivity contribution is 0.106. The Labute approximate surface area is 73.4 Å². The average molecular weight is 162 g/mol. The molecule has 0 aliphatic heterocycles. The zero-order valence-corrected chi connectivity index (χ0v) is 7.42. The van der Waals surface area contributed by atoms with Gasteiger partial charge >= 0.3 is 0 Å². The molecule has 1 fully saturated rings. The quantitative estimate of drug-likeness (QED) is 0.664. The molecule has 0 N–H and O–H groups in total. The monoisotopic (exact) mass is 162 g/mol. The van der Waals surface area contributed by atoms with Gasteiger partial charge in [-0.05, 0) is 25.3 Å². The van der Waals surface area contributed by atoms with E-state index in [9.17, 15) is 0 Å². The molecule has 64 valence electrons. The van der Waals surface area contributed by atoms with Crippen LogP contribution in [0.5, 0.6) is 0 Å². The lowest BCUT2D eigenvalue weighted by Gasteiger charge is -2.02. The second kappa shape index (κ2) is 3.28. The maximum Gasteiger partial charge on any atom is 0.0720 e. The molecule has 12 heavy (non-hydrogen) atoms. The second-order valence-electron chi connectivity index (χ2n) is 3.50. The van der Waals surface area contributed by atoms with Crippen LogP contribution in [-0.2, 0) is 11.3 Å². The van der Waals surface area contributed by atoms with E-state index >= 15 is 0 Å². The predicted octanol–water partition coefficient (Wildman–Crippen LogP) is 2.67. The van der Waals surface area contributed by atoms with Gasteiger partial charge in [-0.2, -0.15) is 0 Å². The molecule has 0 bridgehead atoms. The van der Waals surface area contributed by atoms with Crippen molar-refractivity contribution in [1.82, 2.24) is 0 Å². The largest absolute Gasteiger partial charge is 0.374 e. The van der Waals surface area contributed by atoms with Gasteiger partial charge in [0.25, 0.3) is 0 Å². The summed E-state index contributed by atoms with van der Waals surface area (Å²) in [7, 11) is 0. The first-order valence-electron chi connectivity index (χ1n) is 4.52. The number of hydrogen-bond donors (Lipinski definition) is 0. The average Bonchev–Trinajstić information content (AvgIpc) is 2.87. The van der Waals surface area contributed by atoms with Gasteiger partial charge < -0.3 is 4.74 Å². The fourth-order valence-electron chi connectivity index (χ4n) is 1.13. The number of hydrogen-bond acceptors (Lipinski definition) is 1. The number of aryl methyl sites for hydroxylation is 1. The van der Waals surface area contributed by atoms with E-state index in [1.807, 2.05) is 0 Å². The van der Waals surface area contributed by atoms with Gasteiger partial charge in [0.1, 0.15) is 0 Å². The topological polar surface area (TPSA) is 9.23 Å². The minimum Gasteiger partial charge on any atom is -0.374 e. The standard InChI is InChI=1S/C11H14O/c1-9-2-4-10(5-3-9)8-12-11-6-7-11/h2-5,11H,6-8H2,1H3. The summed E-state index contributed by atoms with van der Waals surface area (Å²) in [5, 5.41) is 0. The molecule has 1 saturated carbocycles. The van der Waals surface area contributed by atoms with Crippen LogP contribution < -0.4 is 0 Å². The Hall–Kier alpha value is -0.820. The Balaban J connectivity index is 1.89. The predicted molar refractivity (Wildman–Crippen MR) is 49.0 cm³/mol. The lowest BCUT2D eigenvalue weighted by Crippen LogP contribution is -1.93. The van der Waals surface area contributed by atoms with Crippen LogP contribution in [0.2, 0.25) is 0 Å². The van der Waals surface area contributed by atoms with Crippen molar-refractivity contribution in [1.29, 1.82) is 0 Å². The molecule has 0 aromatic heterocycles. The molecule has 1 aliphatic carbocycles. The smallest absolute Gasteiger partial charge is 0.0720 e.